The summed E-state index contributed by atoms with van der Waals surface area (Å²) < 4.78 is 0. The lowest BCUT2D eigenvalue weighted by atomic mass is 9.91. The van der Waals surface area contributed by atoms with Crippen molar-refractivity contribution in [2.75, 3.05) is 5.75 Å². The highest BCUT2D eigenvalue weighted by Gasteiger charge is 2.36. The fraction of sp³-hybridized carbons (Fsp3) is 0.515. The van der Waals surface area contributed by atoms with Gasteiger partial charge in [-0.2, -0.15) is 12.6 Å². The number of hydrogen-bond acceptors (Lipinski definition) is 8. The highest BCUT2D eigenvalue weighted by atomic mass is 32.1. The number of aliphatic hydroxyl groups excluding tert-OH is 2. The number of thiol groups is 1. The molecule has 0 spiro atoms. The van der Waals surface area contributed by atoms with Gasteiger partial charge in [-0.15, -0.1) is 0 Å². The number of allylic oxidation sites excluding steroid dienone is 2. The number of aliphatic hydroxyl groups is 3. The zero-order valence-electron chi connectivity index (χ0n) is 25.9. The molecule has 0 aliphatic carbocycles. The molecule has 11 heteroatoms. The number of carboxylic acids is 1. The molecule has 1 aromatic rings. The van der Waals surface area contributed by atoms with Gasteiger partial charge in [0.1, 0.15) is 6.23 Å². The van der Waals surface area contributed by atoms with Crippen molar-refractivity contribution in [2.24, 2.45) is 11.8 Å². The molecule has 1 aromatic heterocycles. The summed E-state index contributed by atoms with van der Waals surface area (Å²) in [5.41, 5.74) is 8.69. The number of carbonyl (C=O) groups excluding carboxylic acids is 1. The molecule has 0 aromatic carbocycles. The van der Waals surface area contributed by atoms with Crippen LogP contribution in [0.1, 0.15) is 75.4 Å². The van der Waals surface area contributed by atoms with Crippen LogP contribution in [-0.4, -0.2) is 67.6 Å². The van der Waals surface area contributed by atoms with Crippen LogP contribution in [0.2, 0.25) is 0 Å². The van der Waals surface area contributed by atoms with E-state index in [1.807, 2.05) is 39.8 Å². The summed E-state index contributed by atoms with van der Waals surface area (Å²) in [6.45, 7) is 11.7. The van der Waals surface area contributed by atoms with Gasteiger partial charge >= 0.3 is 5.97 Å². The fourth-order valence-corrected chi connectivity index (χ4v) is 6.91. The molecule has 5 atom stereocenters. The number of carboxylic acid groups (broad SMARTS) is 1. The third kappa shape index (κ3) is 7.17. The Morgan fingerprint density at radius 1 is 1.05 bits per heavy atom. The predicted molar refractivity (Wildman–Crippen MR) is 174 cm³/mol. The van der Waals surface area contributed by atoms with Crippen LogP contribution < -0.4 is 16.0 Å². The van der Waals surface area contributed by atoms with Gasteiger partial charge in [0.15, 0.2) is 6.29 Å². The molecular weight excluding hydrogens is 580 g/mol. The van der Waals surface area contributed by atoms with E-state index in [1.54, 1.807) is 6.08 Å². The van der Waals surface area contributed by atoms with E-state index in [0.29, 0.717) is 30.6 Å². The highest BCUT2D eigenvalue weighted by molar-refractivity contribution is 7.80. The van der Waals surface area contributed by atoms with Crippen LogP contribution in [0.3, 0.4) is 0 Å². The Bertz CT molecular complexity index is 1420. The number of aliphatic carboxylic acids is 1. The van der Waals surface area contributed by atoms with Crippen LogP contribution in [0.5, 0.6) is 0 Å². The maximum Gasteiger partial charge on any atom is 0.303 e. The third-order valence-electron chi connectivity index (χ3n) is 9.39. The van der Waals surface area contributed by atoms with Crippen molar-refractivity contribution in [2.45, 2.75) is 90.8 Å². The minimum Gasteiger partial charge on any atom is -0.481 e. The van der Waals surface area contributed by atoms with E-state index in [0.717, 1.165) is 57.0 Å². The molecule has 3 aliphatic heterocycles. The summed E-state index contributed by atoms with van der Waals surface area (Å²) in [5.74, 6) is -0.197. The Labute approximate surface area is 264 Å². The van der Waals surface area contributed by atoms with Crippen LogP contribution in [0.15, 0.2) is 46.3 Å². The Balaban J connectivity index is 1.73. The summed E-state index contributed by atoms with van der Waals surface area (Å²) in [4.78, 5) is 27.5. The minimum atomic E-state index is -1.45. The van der Waals surface area contributed by atoms with Gasteiger partial charge in [-0.3, -0.25) is 9.59 Å². The second-order valence-electron chi connectivity index (χ2n) is 12.1. The molecule has 4 heterocycles. The average Bonchev–Trinajstić information content (AvgIpc) is 3.60. The zero-order valence-corrected chi connectivity index (χ0v) is 26.8. The predicted octanol–water partition coefficient (Wildman–Crippen LogP) is 3.29. The number of aromatic nitrogens is 1. The lowest BCUT2D eigenvalue weighted by molar-refractivity contribution is -0.137. The highest BCUT2D eigenvalue weighted by Crippen LogP contribution is 2.37. The second-order valence-corrected chi connectivity index (χ2v) is 12.6. The molecule has 1 fully saturated rings. The van der Waals surface area contributed by atoms with E-state index in [1.165, 1.54) is 0 Å². The van der Waals surface area contributed by atoms with Crippen molar-refractivity contribution in [3.8, 4) is 0 Å². The van der Waals surface area contributed by atoms with Gasteiger partial charge in [-0.05, 0) is 92.2 Å². The standard InChI is InChI=1S/C33H46N4O6S/c1-6-20-16(2)26(36-33(20)43)13-24-17(3)21(7-9-30(38)39)27(34-24)15-28-22(8-10-31(40)41)18(4)25(35-28)14-29-23(11-12-44)19(5)32(42)37-29/h6,14-15,19,23-24,26,30,32,34-35,37-39,42,44H,1,7-13H2,2-5H3,(H,36,43)(H,40,41)/b27-15+,29-14-/t19-,23-,24?,26-,32?/m1/s1. The molecule has 0 saturated carbocycles. The number of amides is 1. The van der Waals surface area contributed by atoms with Crippen LogP contribution in [0, 0.1) is 18.8 Å². The first-order valence-corrected chi connectivity index (χ1v) is 15.9. The summed E-state index contributed by atoms with van der Waals surface area (Å²) >= 11 is 4.41. The first-order valence-electron chi connectivity index (χ1n) is 15.2. The van der Waals surface area contributed by atoms with Crippen LogP contribution in [0.25, 0.3) is 12.2 Å². The van der Waals surface area contributed by atoms with E-state index in [-0.39, 0.29) is 42.7 Å². The first-order chi connectivity index (χ1) is 20.9. The minimum absolute atomic E-state index is 0.0274. The molecule has 0 bridgehead atoms. The number of aromatic amines is 1. The second kappa shape index (κ2) is 14.2. The number of hydrogen-bond donors (Lipinski definition) is 9. The summed E-state index contributed by atoms with van der Waals surface area (Å²) in [6.07, 6.45) is 5.74. The monoisotopic (exact) mass is 626 g/mol. The van der Waals surface area contributed by atoms with Crippen molar-refractivity contribution in [1.82, 2.24) is 20.9 Å². The molecule has 1 amide bonds. The number of nitrogens with one attached hydrogen (secondary N) is 4. The Morgan fingerprint density at radius 3 is 2.36 bits per heavy atom. The first kappa shape index (κ1) is 33.6. The van der Waals surface area contributed by atoms with Gasteiger partial charge < -0.3 is 41.4 Å². The van der Waals surface area contributed by atoms with Gasteiger partial charge in [0.2, 0.25) is 0 Å². The molecule has 1 saturated heterocycles. The largest absolute Gasteiger partial charge is 0.481 e. The molecule has 3 aliphatic rings. The SMILES string of the molecule is C=CC1=C(C)[C@@H](CC2N/C(=C/c3[nH]c(/C=C4\NC(O)[C@H](C)[C@H]4CCS)c(C)c3CCC(=O)O)C(CCC(O)O)=C2C)NC1=O. The van der Waals surface area contributed by atoms with E-state index in [4.69, 9.17) is 0 Å². The normalized spacial score (nSPS) is 27.1. The lowest BCUT2D eigenvalue weighted by Gasteiger charge is -2.20. The molecule has 10 nitrogen and oxygen atoms in total. The van der Waals surface area contributed by atoms with Crippen molar-refractivity contribution in [3.05, 3.63) is 68.9 Å². The lowest BCUT2D eigenvalue weighted by Crippen LogP contribution is -2.36. The van der Waals surface area contributed by atoms with E-state index in [9.17, 15) is 30.0 Å². The average molecular weight is 627 g/mol. The molecule has 4 rings (SSSR count). The van der Waals surface area contributed by atoms with E-state index in [2.05, 4.69) is 40.1 Å². The maximum atomic E-state index is 12.4. The molecule has 44 heavy (non-hydrogen) atoms. The van der Waals surface area contributed by atoms with E-state index >= 15 is 0 Å². The van der Waals surface area contributed by atoms with Crippen molar-refractivity contribution in [3.63, 3.8) is 0 Å². The molecule has 2 unspecified atom stereocenters. The van der Waals surface area contributed by atoms with Crippen molar-refractivity contribution in [1.29, 1.82) is 0 Å². The van der Waals surface area contributed by atoms with E-state index < -0.39 is 18.5 Å². The number of H-pyrrole nitrogens is 1. The number of carbonyl (C=O) groups is 2. The van der Waals surface area contributed by atoms with Crippen LogP contribution in [-0.2, 0) is 16.0 Å². The Hall–Kier alpha value is -3.25. The molecule has 0 radical (unpaired) electrons. The summed E-state index contributed by atoms with van der Waals surface area (Å²) in [5, 5.41) is 49.2. The fourth-order valence-electron chi connectivity index (χ4n) is 6.63. The quantitative estimate of drug-likeness (QED) is 0.119. The zero-order chi connectivity index (χ0) is 32.3. The Morgan fingerprint density at radius 2 is 1.75 bits per heavy atom. The van der Waals surface area contributed by atoms with Crippen LogP contribution in [0.4, 0.5) is 0 Å². The Kier molecular flexibility index (Phi) is 10.9. The van der Waals surface area contributed by atoms with Crippen LogP contribution >= 0.6 is 12.6 Å². The summed E-state index contributed by atoms with van der Waals surface area (Å²) in [7, 11) is 0. The summed E-state index contributed by atoms with van der Waals surface area (Å²) in [6, 6.07) is -0.268. The molecule has 240 valence electrons. The third-order valence-corrected chi connectivity index (χ3v) is 9.65. The number of rotatable bonds is 13. The topological polar surface area (TPSA) is 167 Å². The maximum absolute atomic E-state index is 12.4. The van der Waals surface area contributed by atoms with Gasteiger partial charge in [0, 0.05) is 59.1 Å². The molecule has 8 N–H and O–H groups in total. The van der Waals surface area contributed by atoms with Crippen molar-refractivity contribution >= 4 is 36.7 Å². The van der Waals surface area contributed by atoms with Gasteiger partial charge in [-0.1, -0.05) is 19.6 Å². The van der Waals surface area contributed by atoms with Crippen molar-refractivity contribution < 1.29 is 30.0 Å². The van der Waals surface area contributed by atoms with Gasteiger partial charge in [0.05, 0.1) is 6.04 Å². The smallest absolute Gasteiger partial charge is 0.303 e. The van der Waals surface area contributed by atoms with Gasteiger partial charge in [-0.25, -0.2) is 0 Å². The molecular formula is C33H46N4O6S. The van der Waals surface area contributed by atoms with Gasteiger partial charge in [0.25, 0.3) is 5.91 Å².